The van der Waals surface area contributed by atoms with Gasteiger partial charge in [-0.2, -0.15) is 0 Å². The Hall–Kier alpha value is -1.74. The van der Waals surface area contributed by atoms with E-state index in [1.165, 1.54) is 12.1 Å². The van der Waals surface area contributed by atoms with Crippen molar-refractivity contribution in [1.82, 2.24) is 4.98 Å². The van der Waals surface area contributed by atoms with Gasteiger partial charge < -0.3 is 0 Å². The van der Waals surface area contributed by atoms with E-state index >= 15 is 0 Å². The third kappa shape index (κ3) is 3.37. The standard InChI is InChI=1S/C14H11ClFNO/c15-14-9-12(16)2-1-11(14)8-13(18)7-10-3-5-17-6-4-10/h1-6,9H,7-8H2. The van der Waals surface area contributed by atoms with Crippen molar-refractivity contribution in [2.45, 2.75) is 12.8 Å². The molecule has 92 valence electrons. The van der Waals surface area contributed by atoms with Gasteiger partial charge in [0.05, 0.1) is 0 Å². The highest BCUT2D eigenvalue weighted by Gasteiger charge is 2.08. The number of nitrogens with zero attached hydrogens (tertiary/aromatic N) is 1. The van der Waals surface area contributed by atoms with Crippen LogP contribution in [-0.4, -0.2) is 10.8 Å². The van der Waals surface area contributed by atoms with Crippen LogP contribution in [0.1, 0.15) is 11.1 Å². The Morgan fingerprint density at radius 1 is 1.17 bits per heavy atom. The number of carbonyl (C=O) groups is 1. The number of aromatic nitrogens is 1. The lowest BCUT2D eigenvalue weighted by Crippen LogP contribution is -2.07. The third-order valence-corrected chi connectivity index (χ3v) is 2.91. The number of halogens is 2. The zero-order valence-corrected chi connectivity index (χ0v) is 10.3. The highest BCUT2D eigenvalue weighted by molar-refractivity contribution is 6.31. The molecule has 1 aromatic heterocycles. The lowest BCUT2D eigenvalue weighted by Gasteiger charge is -2.04. The summed E-state index contributed by atoms with van der Waals surface area (Å²) >= 11 is 5.87. The first kappa shape index (κ1) is 12.7. The lowest BCUT2D eigenvalue weighted by molar-refractivity contribution is -0.117. The SMILES string of the molecule is O=C(Cc1ccncc1)Cc1ccc(F)cc1Cl. The van der Waals surface area contributed by atoms with Gasteiger partial charge in [-0.1, -0.05) is 17.7 Å². The third-order valence-electron chi connectivity index (χ3n) is 2.55. The van der Waals surface area contributed by atoms with Crippen LogP contribution >= 0.6 is 11.6 Å². The molecule has 0 amide bonds. The smallest absolute Gasteiger partial charge is 0.141 e. The normalized spacial score (nSPS) is 10.3. The van der Waals surface area contributed by atoms with Crippen molar-refractivity contribution in [1.29, 1.82) is 0 Å². The molecule has 1 heterocycles. The van der Waals surface area contributed by atoms with E-state index in [1.807, 2.05) is 0 Å². The first-order chi connectivity index (χ1) is 8.65. The van der Waals surface area contributed by atoms with Crippen LogP contribution < -0.4 is 0 Å². The minimum Gasteiger partial charge on any atom is -0.299 e. The Kier molecular flexibility index (Phi) is 4.05. The number of carbonyl (C=O) groups excluding carboxylic acids is 1. The molecule has 1 aromatic carbocycles. The van der Waals surface area contributed by atoms with E-state index in [4.69, 9.17) is 11.6 Å². The predicted octanol–water partition coefficient (Wildman–Crippen LogP) is 3.23. The lowest BCUT2D eigenvalue weighted by atomic mass is 10.0. The Balaban J connectivity index is 2.03. The molecule has 0 aliphatic heterocycles. The number of pyridine rings is 1. The molecule has 0 N–H and O–H groups in total. The highest BCUT2D eigenvalue weighted by atomic mass is 35.5. The average Bonchev–Trinajstić information content (AvgIpc) is 2.34. The van der Waals surface area contributed by atoms with E-state index < -0.39 is 5.82 Å². The summed E-state index contributed by atoms with van der Waals surface area (Å²) in [6.45, 7) is 0. The summed E-state index contributed by atoms with van der Waals surface area (Å²) < 4.78 is 12.9. The molecule has 2 nitrogen and oxygen atoms in total. The number of ketones is 1. The fourth-order valence-electron chi connectivity index (χ4n) is 1.67. The van der Waals surface area contributed by atoms with Crippen LogP contribution in [0.5, 0.6) is 0 Å². The Bertz CT molecular complexity index is 557. The first-order valence-corrected chi connectivity index (χ1v) is 5.87. The number of hydrogen-bond acceptors (Lipinski definition) is 2. The second kappa shape index (κ2) is 5.74. The van der Waals surface area contributed by atoms with Crippen molar-refractivity contribution in [2.24, 2.45) is 0 Å². The number of rotatable bonds is 4. The van der Waals surface area contributed by atoms with Gasteiger partial charge >= 0.3 is 0 Å². The molecule has 0 saturated heterocycles. The van der Waals surface area contributed by atoms with Crippen LogP contribution in [0.25, 0.3) is 0 Å². The number of hydrogen-bond donors (Lipinski definition) is 0. The highest BCUT2D eigenvalue weighted by Crippen LogP contribution is 2.18. The maximum atomic E-state index is 12.9. The molecule has 0 bridgehead atoms. The molecule has 0 unspecified atom stereocenters. The fourth-order valence-corrected chi connectivity index (χ4v) is 1.90. The van der Waals surface area contributed by atoms with E-state index in [1.54, 1.807) is 30.6 Å². The summed E-state index contributed by atoms with van der Waals surface area (Å²) in [5.74, 6) is -0.361. The minimum absolute atomic E-state index is 0.0368. The van der Waals surface area contributed by atoms with Crippen LogP contribution in [0.2, 0.25) is 5.02 Å². The number of Topliss-reactive ketones (excluding diaryl/α,β-unsaturated/α-hetero) is 1. The molecule has 0 radical (unpaired) electrons. The van der Waals surface area contributed by atoms with Crippen LogP contribution in [0.3, 0.4) is 0 Å². The summed E-state index contributed by atoms with van der Waals surface area (Å²) in [6.07, 6.45) is 3.83. The second-order valence-electron chi connectivity index (χ2n) is 3.98. The molecular formula is C14H11ClFNO. The predicted molar refractivity (Wildman–Crippen MR) is 68.1 cm³/mol. The molecule has 0 atom stereocenters. The topological polar surface area (TPSA) is 30.0 Å². The van der Waals surface area contributed by atoms with E-state index in [0.717, 1.165) is 5.56 Å². The summed E-state index contributed by atoms with van der Waals surface area (Å²) in [5, 5.41) is 0.290. The Labute approximate surface area is 109 Å². The van der Waals surface area contributed by atoms with E-state index in [9.17, 15) is 9.18 Å². The number of benzene rings is 1. The van der Waals surface area contributed by atoms with E-state index in [2.05, 4.69) is 4.98 Å². The zero-order valence-electron chi connectivity index (χ0n) is 9.57. The maximum absolute atomic E-state index is 12.9. The Morgan fingerprint density at radius 3 is 2.56 bits per heavy atom. The molecule has 2 aromatic rings. The monoisotopic (exact) mass is 263 g/mol. The van der Waals surface area contributed by atoms with Gasteiger partial charge in [0.25, 0.3) is 0 Å². The van der Waals surface area contributed by atoms with Crippen molar-refractivity contribution in [2.75, 3.05) is 0 Å². The van der Waals surface area contributed by atoms with Crippen molar-refractivity contribution < 1.29 is 9.18 Å². The summed E-state index contributed by atoms with van der Waals surface area (Å²) in [4.78, 5) is 15.7. The van der Waals surface area contributed by atoms with Crippen LogP contribution in [0, 0.1) is 5.82 Å². The van der Waals surface area contributed by atoms with Gasteiger partial charge in [0, 0.05) is 30.3 Å². The van der Waals surface area contributed by atoms with Gasteiger partial charge in [-0.3, -0.25) is 9.78 Å². The van der Waals surface area contributed by atoms with Gasteiger partial charge in [-0.25, -0.2) is 4.39 Å². The van der Waals surface area contributed by atoms with Gasteiger partial charge in [0.15, 0.2) is 0 Å². The molecule has 4 heteroatoms. The summed E-state index contributed by atoms with van der Waals surface area (Å²) in [6, 6.07) is 7.66. The molecule has 0 saturated carbocycles. The summed E-state index contributed by atoms with van der Waals surface area (Å²) in [7, 11) is 0. The van der Waals surface area contributed by atoms with Gasteiger partial charge in [0.2, 0.25) is 0 Å². The fraction of sp³-hybridized carbons (Fsp3) is 0.143. The van der Waals surface area contributed by atoms with Gasteiger partial charge in [-0.05, 0) is 35.4 Å². The quantitative estimate of drug-likeness (QED) is 0.848. The first-order valence-electron chi connectivity index (χ1n) is 5.49. The van der Waals surface area contributed by atoms with Crippen molar-refractivity contribution >= 4 is 17.4 Å². The minimum atomic E-state index is -0.398. The second-order valence-corrected chi connectivity index (χ2v) is 4.39. The van der Waals surface area contributed by atoms with Crippen LogP contribution in [0.15, 0.2) is 42.7 Å². The molecule has 0 aliphatic rings. The molecule has 0 aliphatic carbocycles. The van der Waals surface area contributed by atoms with Crippen molar-refractivity contribution in [3.05, 3.63) is 64.7 Å². The van der Waals surface area contributed by atoms with Gasteiger partial charge in [-0.15, -0.1) is 0 Å². The maximum Gasteiger partial charge on any atom is 0.141 e. The molecule has 2 rings (SSSR count). The van der Waals surface area contributed by atoms with Crippen molar-refractivity contribution in [3.63, 3.8) is 0 Å². The Morgan fingerprint density at radius 2 is 1.89 bits per heavy atom. The van der Waals surface area contributed by atoms with E-state index in [-0.39, 0.29) is 17.2 Å². The average molecular weight is 264 g/mol. The van der Waals surface area contributed by atoms with Crippen LogP contribution in [-0.2, 0) is 17.6 Å². The molecule has 0 spiro atoms. The van der Waals surface area contributed by atoms with Gasteiger partial charge in [0.1, 0.15) is 11.6 Å². The van der Waals surface area contributed by atoms with Crippen molar-refractivity contribution in [3.8, 4) is 0 Å². The largest absolute Gasteiger partial charge is 0.299 e. The molecular weight excluding hydrogens is 253 g/mol. The molecule has 0 fully saturated rings. The zero-order chi connectivity index (χ0) is 13.0. The van der Waals surface area contributed by atoms with Crippen LogP contribution in [0.4, 0.5) is 4.39 Å². The molecule has 18 heavy (non-hydrogen) atoms. The van der Waals surface area contributed by atoms with E-state index in [0.29, 0.717) is 12.0 Å². The summed E-state index contributed by atoms with van der Waals surface area (Å²) in [5.41, 5.74) is 1.56.